The molecule has 2 aliphatic rings. The summed E-state index contributed by atoms with van der Waals surface area (Å²) in [6.45, 7) is 3.75. The number of esters is 2. The van der Waals surface area contributed by atoms with Gasteiger partial charge in [-0.25, -0.2) is 0 Å². The van der Waals surface area contributed by atoms with Gasteiger partial charge >= 0.3 is 11.9 Å². The van der Waals surface area contributed by atoms with Crippen molar-refractivity contribution in [3.63, 3.8) is 0 Å². The van der Waals surface area contributed by atoms with Crippen molar-refractivity contribution in [3.05, 3.63) is 52.6 Å². The number of aliphatic hydroxyl groups excluding tert-OH is 3. The van der Waals surface area contributed by atoms with Gasteiger partial charge in [0.2, 0.25) is 6.29 Å². The summed E-state index contributed by atoms with van der Waals surface area (Å²) in [6, 6.07) is 9.09. The van der Waals surface area contributed by atoms with E-state index in [-0.39, 0.29) is 40.6 Å². The smallest absolute Gasteiger partial charge is 0.308 e. The Morgan fingerprint density at radius 3 is 2.30 bits per heavy atom. The zero-order chi connectivity index (χ0) is 31.6. The molecule has 13 nitrogen and oxygen atoms in total. The third kappa shape index (κ3) is 6.92. The van der Waals surface area contributed by atoms with Gasteiger partial charge in [0.1, 0.15) is 59.9 Å². The number of Topliss-reactive ketones (excluding diaryl/α,β-unsaturated/α-hetero) is 1. The molecule has 2 aliphatic heterocycles. The molecule has 2 heterocycles. The Morgan fingerprint density at radius 1 is 1.00 bits per heavy atom. The van der Waals surface area contributed by atoms with Crippen molar-refractivity contribution in [2.24, 2.45) is 0 Å². The van der Waals surface area contributed by atoms with Gasteiger partial charge in [0.05, 0.1) is 32.0 Å². The average Bonchev–Trinajstić information content (AvgIpc) is 2.96. The molecule has 0 spiro atoms. The first kappa shape index (κ1) is 32.2. The first-order valence-corrected chi connectivity index (χ1v) is 13.7. The largest absolute Gasteiger partial charge is 0.507 e. The molecule has 13 heteroatoms. The lowest BCUT2D eigenvalue weighted by Gasteiger charge is -2.40. The van der Waals surface area contributed by atoms with Gasteiger partial charge < -0.3 is 49.2 Å². The second-order valence-electron chi connectivity index (χ2n) is 11.0. The van der Waals surface area contributed by atoms with Gasteiger partial charge in [-0.2, -0.15) is 0 Å². The Bertz CT molecular complexity index is 1360. The van der Waals surface area contributed by atoms with Gasteiger partial charge in [-0.15, -0.1) is 0 Å². The number of phenols is 1. The third-order valence-corrected chi connectivity index (χ3v) is 7.51. The Labute approximate surface area is 247 Å². The lowest BCUT2D eigenvalue weighted by Crippen LogP contribution is -2.60. The van der Waals surface area contributed by atoms with Crippen molar-refractivity contribution in [2.45, 2.75) is 82.4 Å². The van der Waals surface area contributed by atoms with Crippen molar-refractivity contribution in [1.29, 1.82) is 0 Å². The predicted molar refractivity (Wildman–Crippen MR) is 146 cm³/mol. The average molecular weight is 605 g/mol. The van der Waals surface area contributed by atoms with E-state index in [1.807, 2.05) is 30.3 Å². The highest BCUT2D eigenvalue weighted by molar-refractivity contribution is 6.03. The molecule has 234 valence electrons. The number of fused-ring (bicyclic) bond motifs is 1. The van der Waals surface area contributed by atoms with Crippen LogP contribution in [0.3, 0.4) is 0 Å². The second-order valence-corrected chi connectivity index (χ2v) is 11.0. The number of rotatable bonds is 9. The Hall–Kier alpha value is -3.75. The number of ketones is 1. The molecule has 1 unspecified atom stereocenters. The van der Waals surface area contributed by atoms with E-state index in [0.717, 1.165) is 12.7 Å². The summed E-state index contributed by atoms with van der Waals surface area (Å²) < 4.78 is 27.3. The van der Waals surface area contributed by atoms with Crippen LogP contribution in [0.5, 0.6) is 17.2 Å². The molecule has 0 aliphatic carbocycles. The highest BCUT2D eigenvalue weighted by Gasteiger charge is 2.46. The number of carbonyl (C=O) groups is 3. The number of aromatic hydroxyl groups is 1. The first-order chi connectivity index (χ1) is 20.2. The van der Waals surface area contributed by atoms with Crippen LogP contribution in [0.1, 0.15) is 59.3 Å². The molecule has 4 rings (SSSR count). The fourth-order valence-electron chi connectivity index (χ4n) is 5.12. The molecule has 2 aromatic rings. The number of aliphatic hydroxyl groups is 4. The van der Waals surface area contributed by atoms with Crippen LogP contribution in [-0.2, 0) is 23.8 Å². The SMILES string of the molecule is COC(=O)CC(C)(O)CC(=O)OC[C@H]1O[C@@H](Oc2c(C)c(O)c3c(c2C)O[C@H](c2ccccc2)CC3=O)[C@H](O)[C@@H](O)[C@@H]1O. The number of carbonyl (C=O) groups excluding carboxylic acids is 3. The molecule has 0 aromatic heterocycles. The summed E-state index contributed by atoms with van der Waals surface area (Å²) in [4.78, 5) is 36.9. The molecule has 5 N–H and O–H groups in total. The molecular weight excluding hydrogens is 568 g/mol. The van der Waals surface area contributed by atoms with Crippen molar-refractivity contribution in [3.8, 4) is 17.2 Å². The summed E-state index contributed by atoms with van der Waals surface area (Å²) in [5, 5.41) is 52.9. The fraction of sp³-hybridized carbons (Fsp3) is 0.500. The van der Waals surface area contributed by atoms with Crippen molar-refractivity contribution < 1.29 is 63.6 Å². The van der Waals surface area contributed by atoms with Gasteiger partial charge in [-0.1, -0.05) is 30.3 Å². The lowest BCUT2D eigenvalue weighted by molar-refractivity contribution is -0.279. The van der Waals surface area contributed by atoms with E-state index in [1.165, 1.54) is 13.8 Å². The summed E-state index contributed by atoms with van der Waals surface area (Å²) in [6.07, 6.45) is -9.86. The molecule has 0 radical (unpaired) electrons. The minimum absolute atomic E-state index is 0.00275. The zero-order valence-corrected chi connectivity index (χ0v) is 24.2. The summed E-state index contributed by atoms with van der Waals surface area (Å²) in [5.41, 5.74) is -0.520. The van der Waals surface area contributed by atoms with Gasteiger partial charge in [0.25, 0.3) is 0 Å². The van der Waals surface area contributed by atoms with E-state index in [9.17, 15) is 39.9 Å². The molecule has 2 aromatic carbocycles. The molecule has 0 saturated carbocycles. The van der Waals surface area contributed by atoms with Gasteiger partial charge in [-0.05, 0) is 26.3 Å². The number of phenolic OH excluding ortho intramolecular Hbond substituents is 1. The molecule has 0 amide bonds. The molecular formula is C30H36O13. The number of benzene rings is 2. The molecule has 1 fully saturated rings. The highest BCUT2D eigenvalue weighted by Crippen LogP contribution is 2.48. The van der Waals surface area contributed by atoms with Crippen LogP contribution < -0.4 is 9.47 Å². The second kappa shape index (κ2) is 12.9. The Morgan fingerprint density at radius 2 is 1.65 bits per heavy atom. The number of hydrogen-bond acceptors (Lipinski definition) is 13. The van der Waals surface area contributed by atoms with Crippen LogP contribution in [0, 0.1) is 13.8 Å². The molecule has 43 heavy (non-hydrogen) atoms. The minimum Gasteiger partial charge on any atom is -0.507 e. The predicted octanol–water partition coefficient (Wildman–Crippen LogP) is 1.15. The van der Waals surface area contributed by atoms with E-state index in [1.54, 1.807) is 6.92 Å². The fourth-order valence-corrected chi connectivity index (χ4v) is 5.12. The van der Waals surface area contributed by atoms with E-state index < -0.39 is 73.8 Å². The quantitative estimate of drug-likeness (QED) is 0.256. The van der Waals surface area contributed by atoms with E-state index in [0.29, 0.717) is 5.56 Å². The lowest BCUT2D eigenvalue weighted by atomic mass is 9.91. The van der Waals surface area contributed by atoms with Crippen molar-refractivity contribution in [2.75, 3.05) is 13.7 Å². The maximum absolute atomic E-state index is 13.1. The van der Waals surface area contributed by atoms with Crippen LogP contribution in [0.2, 0.25) is 0 Å². The molecule has 0 bridgehead atoms. The normalized spacial score (nSPS) is 26.5. The Kier molecular flexibility index (Phi) is 9.62. The van der Waals surface area contributed by atoms with E-state index in [2.05, 4.69) is 4.74 Å². The van der Waals surface area contributed by atoms with Crippen LogP contribution in [0.4, 0.5) is 0 Å². The monoisotopic (exact) mass is 604 g/mol. The summed E-state index contributed by atoms with van der Waals surface area (Å²) >= 11 is 0. The summed E-state index contributed by atoms with van der Waals surface area (Å²) in [7, 11) is 1.14. The van der Waals surface area contributed by atoms with Crippen LogP contribution in [0.25, 0.3) is 0 Å². The number of ether oxygens (including phenoxy) is 5. The maximum Gasteiger partial charge on any atom is 0.308 e. The number of hydrogen-bond donors (Lipinski definition) is 5. The maximum atomic E-state index is 13.1. The first-order valence-electron chi connectivity index (χ1n) is 13.7. The van der Waals surface area contributed by atoms with Crippen LogP contribution in [-0.4, -0.2) is 93.3 Å². The Balaban J connectivity index is 1.52. The van der Waals surface area contributed by atoms with E-state index in [4.69, 9.17) is 18.9 Å². The van der Waals surface area contributed by atoms with Gasteiger partial charge in [0.15, 0.2) is 5.78 Å². The zero-order valence-electron chi connectivity index (χ0n) is 24.2. The van der Waals surface area contributed by atoms with Crippen LogP contribution in [0.15, 0.2) is 30.3 Å². The minimum atomic E-state index is -1.78. The number of methoxy groups -OCH3 is 1. The third-order valence-electron chi connectivity index (χ3n) is 7.51. The van der Waals surface area contributed by atoms with Crippen molar-refractivity contribution in [1.82, 2.24) is 0 Å². The van der Waals surface area contributed by atoms with Crippen LogP contribution >= 0.6 is 0 Å². The van der Waals surface area contributed by atoms with E-state index >= 15 is 0 Å². The molecule has 1 saturated heterocycles. The highest BCUT2D eigenvalue weighted by atomic mass is 16.7. The molecule has 7 atom stereocenters. The summed E-state index contributed by atoms with van der Waals surface area (Å²) in [5.74, 6) is -2.25. The van der Waals surface area contributed by atoms with Crippen molar-refractivity contribution >= 4 is 17.7 Å². The van der Waals surface area contributed by atoms with Gasteiger partial charge in [-0.3, -0.25) is 14.4 Å². The topological polar surface area (TPSA) is 199 Å². The standard InChI is InChI=1S/C30H36O13/c1-14-23(34)22-17(31)10-18(16-8-6-5-7-9-16)41-28(22)15(2)27(14)43-29-26(37)25(36)24(35)19(42-29)13-40-21(33)12-30(3,38)11-20(32)39-4/h5-9,18-19,24-26,29,34-38H,10-13H2,1-4H3/t18-,19+,24+,25-,26+,29-,30?/m0/s1. The van der Waals surface area contributed by atoms with Gasteiger partial charge in [0, 0.05) is 11.1 Å².